The fraction of sp³-hybridized carbons (Fsp3) is 0.400. The molecule has 0 aliphatic carbocycles. The lowest BCUT2D eigenvalue weighted by Crippen LogP contribution is -2.06. The van der Waals surface area contributed by atoms with Gasteiger partial charge in [-0.25, -0.2) is 0 Å². The Bertz CT molecular complexity index is 537. The van der Waals surface area contributed by atoms with Crippen molar-refractivity contribution >= 4 is 0 Å². The molecule has 0 saturated heterocycles. The molecule has 0 bridgehead atoms. The molecule has 0 aliphatic heterocycles. The molecule has 0 saturated carbocycles. The van der Waals surface area contributed by atoms with Gasteiger partial charge in [0.1, 0.15) is 6.10 Å². The first-order valence-electron chi connectivity index (χ1n) is 7.96. The van der Waals surface area contributed by atoms with E-state index in [1.807, 2.05) is 0 Å². The zero-order valence-corrected chi connectivity index (χ0v) is 13.6. The lowest BCUT2D eigenvalue weighted by atomic mass is 9.96. The van der Waals surface area contributed by atoms with Crippen LogP contribution in [0.15, 0.2) is 48.5 Å². The maximum atomic E-state index is 5.99. The van der Waals surface area contributed by atoms with Gasteiger partial charge in [-0.1, -0.05) is 69.3 Å². The first-order chi connectivity index (χ1) is 10.2. The van der Waals surface area contributed by atoms with Gasteiger partial charge in [-0.15, -0.1) is 0 Å². The summed E-state index contributed by atoms with van der Waals surface area (Å²) < 4.78 is 5.99. The number of hydrogen-bond donors (Lipinski definition) is 0. The molecule has 0 spiro atoms. The van der Waals surface area contributed by atoms with Gasteiger partial charge < -0.3 is 4.74 Å². The van der Waals surface area contributed by atoms with Gasteiger partial charge in [0, 0.05) is 6.61 Å². The Hall–Kier alpha value is -1.60. The second-order valence-electron chi connectivity index (χ2n) is 5.75. The fourth-order valence-electron chi connectivity index (χ4n) is 2.54. The summed E-state index contributed by atoms with van der Waals surface area (Å²) in [5.41, 5.74) is 5.19. The normalized spacial score (nSPS) is 12.6. The van der Waals surface area contributed by atoms with Crippen LogP contribution in [-0.4, -0.2) is 6.61 Å². The molecule has 0 N–H and O–H groups in total. The predicted octanol–water partition coefficient (Wildman–Crippen LogP) is 5.50. The highest BCUT2D eigenvalue weighted by Crippen LogP contribution is 2.27. The van der Waals surface area contributed by atoms with Gasteiger partial charge in [0.15, 0.2) is 0 Å². The van der Waals surface area contributed by atoms with E-state index in [1.165, 1.54) is 22.3 Å². The molecule has 1 atom stereocenters. The summed E-state index contributed by atoms with van der Waals surface area (Å²) >= 11 is 0. The number of rotatable bonds is 6. The largest absolute Gasteiger partial charge is 0.369 e. The van der Waals surface area contributed by atoms with Crippen molar-refractivity contribution < 1.29 is 4.74 Å². The van der Waals surface area contributed by atoms with E-state index >= 15 is 0 Å². The predicted molar refractivity (Wildman–Crippen MR) is 89.8 cm³/mol. The third-order valence-corrected chi connectivity index (χ3v) is 3.93. The molecule has 0 aliphatic rings. The molecule has 0 amide bonds. The van der Waals surface area contributed by atoms with Crippen molar-refractivity contribution in [3.05, 3.63) is 70.8 Å². The van der Waals surface area contributed by atoms with Crippen molar-refractivity contribution in [1.29, 1.82) is 0 Å². The van der Waals surface area contributed by atoms with E-state index in [9.17, 15) is 0 Å². The molecular formula is C20H26O. The minimum atomic E-state index is 0.0297. The lowest BCUT2D eigenvalue weighted by Gasteiger charge is -2.19. The van der Waals surface area contributed by atoms with Crippen LogP contribution in [0.25, 0.3) is 0 Å². The van der Waals surface area contributed by atoms with Crippen LogP contribution in [0.4, 0.5) is 0 Å². The van der Waals surface area contributed by atoms with E-state index in [0.717, 1.165) is 6.42 Å². The molecule has 112 valence electrons. The molecule has 1 heteroatoms. The first-order valence-corrected chi connectivity index (χ1v) is 7.96. The van der Waals surface area contributed by atoms with Crippen LogP contribution >= 0.6 is 0 Å². The van der Waals surface area contributed by atoms with Crippen LogP contribution in [0.2, 0.25) is 0 Å². The lowest BCUT2D eigenvalue weighted by molar-refractivity contribution is 0.0913. The number of ether oxygens (including phenoxy) is 1. The van der Waals surface area contributed by atoms with Gasteiger partial charge in [-0.3, -0.25) is 0 Å². The smallest absolute Gasteiger partial charge is 0.108 e. The molecule has 2 rings (SSSR count). The van der Waals surface area contributed by atoms with E-state index in [-0.39, 0.29) is 6.10 Å². The van der Waals surface area contributed by atoms with Gasteiger partial charge in [0.2, 0.25) is 0 Å². The average molecular weight is 282 g/mol. The quantitative estimate of drug-likeness (QED) is 0.680. The van der Waals surface area contributed by atoms with E-state index in [1.54, 1.807) is 0 Å². The summed E-state index contributed by atoms with van der Waals surface area (Å²) in [6.07, 6.45) is 1.10. The van der Waals surface area contributed by atoms with E-state index in [2.05, 4.69) is 76.2 Å². The monoisotopic (exact) mass is 282 g/mol. The molecule has 1 nitrogen and oxygen atoms in total. The zero-order valence-electron chi connectivity index (χ0n) is 13.6. The molecule has 0 heterocycles. The maximum absolute atomic E-state index is 5.99. The highest BCUT2D eigenvalue weighted by Gasteiger charge is 2.14. The average Bonchev–Trinajstić information content (AvgIpc) is 2.53. The third kappa shape index (κ3) is 3.95. The number of hydrogen-bond acceptors (Lipinski definition) is 1. The van der Waals surface area contributed by atoms with Gasteiger partial charge >= 0.3 is 0 Å². The van der Waals surface area contributed by atoms with Crippen LogP contribution < -0.4 is 0 Å². The Kier molecular flexibility index (Phi) is 5.58. The van der Waals surface area contributed by atoms with Gasteiger partial charge in [-0.05, 0) is 41.5 Å². The first kappa shape index (κ1) is 15.8. The standard InChI is InChI=1S/C20H26O/c1-5-16-7-9-18(10-8-16)20(21-6-2)19-13-11-17(12-14-19)15(3)4/h7-15,20H,5-6H2,1-4H3. The highest BCUT2D eigenvalue weighted by atomic mass is 16.5. The van der Waals surface area contributed by atoms with Gasteiger partial charge in [0.25, 0.3) is 0 Å². The molecule has 2 aromatic carbocycles. The highest BCUT2D eigenvalue weighted by molar-refractivity contribution is 5.34. The van der Waals surface area contributed by atoms with E-state index in [4.69, 9.17) is 4.74 Å². The van der Waals surface area contributed by atoms with Crippen molar-refractivity contribution in [1.82, 2.24) is 0 Å². The Balaban J connectivity index is 2.28. The van der Waals surface area contributed by atoms with Crippen LogP contribution in [0.1, 0.15) is 62.0 Å². The van der Waals surface area contributed by atoms with Crippen LogP contribution in [0, 0.1) is 0 Å². The van der Waals surface area contributed by atoms with Crippen molar-refractivity contribution in [3.63, 3.8) is 0 Å². The summed E-state index contributed by atoms with van der Waals surface area (Å²) in [5, 5.41) is 0. The summed E-state index contributed by atoms with van der Waals surface area (Å²) in [5.74, 6) is 0.563. The molecule has 0 aromatic heterocycles. The molecule has 21 heavy (non-hydrogen) atoms. The van der Waals surface area contributed by atoms with Crippen LogP contribution in [0.3, 0.4) is 0 Å². The Morgan fingerprint density at radius 1 is 0.762 bits per heavy atom. The molecular weight excluding hydrogens is 256 g/mol. The van der Waals surface area contributed by atoms with E-state index in [0.29, 0.717) is 12.5 Å². The van der Waals surface area contributed by atoms with E-state index < -0.39 is 0 Å². The topological polar surface area (TPSA) is 9.23 Å². The molecule has 1 unspecified atom stereocenters. The Morgan fingerprint density at radius 3 is 1.67 bits per heavy atom. The maximum Gasteiger partial charge on any atom is 0.108 e. The summed E-state index contributed by atoms with van der Waals surface area (Å²) in [6, 6.07) is 17.6. The van der Waals surface area contributed by atoms with Gasteiger partial charge in [0.05, 0.1) is 0 Å². The fourth-order valence-corrected chi connectivity index (χ4v) is 2.54. The third-order valence-electron chi connectivity index (χ3n) is 3.93. The summed E-state index contributed by atoms with van der Waals surface area (Å²) in [6.45, 7) is 9.39. The van der Waals surface area contributed by atoms with Gasteiger partial charge in [-0.2, -0.15) is 0 Å². The number of benzene rings is 2. The molecule has 0 fully saturated rings. The van der Waals surface area contributed by atoms with Crippen molar-refractivity contribution in [2.45, 2.75) is 46.1 Å². The van der Waals surface area contributed by atoms with Crippen LogP contribution in [0.5, 0.6) is 0 Å². The SMILES string of the molecule is CCOC(c1ccc(CC)cc1)c1ccc(C(C)C)cc1. The van der Waals surface area contributed by atoms with Crippen molar-refractivity contribution in [2.75, 3.05) is 6.61 Å². The van der Waals surface area contributed by atoms with Crippen molar-refractivity contribution in [2.24, 2.45) is 0 Å². The number of aryl methyl sites for hydroxylation is 1. The zero-order chi connectivity index (χ0) is 15.2. The van der Waals surface area contributed by atoms with Crippen molar-refractivity contribution in [3.8, 4) is 0 Å². The Labute approximate surface area is 129 Å². The molecule has 0 radical (unpaired) electrons. The second kappa shape index (κ2) is 7.42. The molecule has 2 aromatic rings. The summed E-state index contributed by atoms with van der Waals surface area (Å²) in [7, 11) is 0. The van der Waals surface area contributed by atoms with Crippen LogP contribution in [-0.2, 0) is 11.2 Å². The Morgan fingerprint density at radius 2 is 1.24 bits per heavy atom. The summed E-state index contributed by atoms with van der Waals surface area (Å²) in [4.78, 5) is 0. The minimum Gasteiger partial charge on any atom is -0.369 e. The minimum absolute atomic E-state index is 0.0297. The second-order valence-corrected chi connectivity index (χ2v) is 5.75.